The van der Waals surface area contributed by atoms with Crippen LogP contribution in [0.25, 0.3) is 0 Å². The number of carbonyl (C=O) groups is 2. The number of nitrogens with two attached hydrogens (primary N) is 1. The predicted octanol–water partition coefficient (Wildman–Crippen LogP) is 4.45. The molecule has 29 heavy (non-hydrogen) atoms. The molecular formula is C23H20BrClN2O2. The van der Waals surface area contributed by atoms with Crippen LogP contribution in [-0.2, 0) is 16.0 Å². The third-order valence-corrected chi connectivity index (χ3v) is 5.63. The van der Waals surface area contributed by atoms with Gasteiger partial charge in [0.05, 0.1) is 5.92 Å². The molecule has 1 atom stereocenters. The SMILES string of the molecule is NC(=O)[C@@H](Cc1cc(Cl)ccc1Br)NC(=O)C(c1ccccc1)c1ccccc1. The fourth-order valence-electron chi connectivity index (χ4n) is 3.18. The summed E-state index contributed by atoms with van der Waals surface area (Å²) in [6, 6.07) is 23.3. The van der Waals surface area contributed by atoms with Gasteiger partial charge in [-0.1, -0.05) is 88.2 Å². The Morgan fingerprint density at radius 3 is 2.00 bits per heavy atom. The molecule has 0 unspecified atom stereocenters. The lowest BCUT2D eigenvalue weighted by atomic mass is 9.90. The third kappa shape index (κ3) is 5.46. The van der Waals surface area contributed by atoms with Crippen LogP contribution in [0.3, 0.4) is 0 Å². The lowest BCUT2D eigenvalue weighted by Gasteiger charge is -2.22. The maximum absolute atomic E-state index is 13.2. The van der Waals surface area contributed by atoms with Crippen LogP contribution in [-0.4, -0.2) is 17.9 Å². The number of primary amides is 1. The van der Waals surface area contributed by atoms with Gasteiger partial charge in [0.2, 0.25) is 11.8 Å². The van der Waals surface area contributed by atoms with Gasteiger partial charge in [0.25, 0.3) is 0 Å². The standard InChI is InChI=1S/C23H20BrClN2O2/c24-19-12-11-18(25)13-17(19)14-20(22(26)28)27-23(29)21(15-7-3-1-4-8-15)16-9-5-2-6-10-16/h1-13,20-21H,14H2,(H2,26,28)(H,27,29)/t20-/m1/s1. The molecule has 0 aliphatic rings. The largest absolute Gasteiger partial charge is 0.368 e. The van der Waals surface area contributed by atoms with Crippen molar-refractivity contribution in [1.82, 2.24) is 5.32 Å². The summed E-state index contributed by atoms with van der Waals surface area (Å²) in [5.41, 5.74) is 8.06. The molecule has 0 radical (unpaired) electrons. The number of hydrogen-bond donors (Lipinski definition) is 2. The molecule has 3 N–H and O–H groups in total. The van der Waals surface area contributed by atoms with E-state index in [9.17, 15) is 9.59 Å². The minimum Gasteiger partial charge on any atom is -0.368 e. The Kier molecular flexibility index (Phi) is 7.07. The maximum Gasteiger partial charge on any atom is 0.240 e. The van der Waals surface area contributed by atoms with E-state index in [1.807, 2.05) is 60.7 Å². The second kappa shape index (κ2) is 9.72. The van der Waals surface area contributed by atoms with Gasteiger partial charge in [-0.2, -0.15) is 0 Å². The molecule has 2 amide bonds. The quantitative estimate of drug-likeness (QED) is 0.534. The number of halogens is 2. The van der Waals surface area contributed by atoms with Crippen molar-refractivity contribution in [1.29, 1.82) is 0 Å². The Labute approximate surface area is 183 Å². The number of amides is 2. The molecule has 0 aliphatic heterocycles. The van der Waals surface area contributed by atoms with Crippen LogP contribution in [0.1, 0.15) is 22.6 Å². The molecule has 0 spiro atoms. The van der Waals surface area contributed by atoms with Crippen molar-refractivity contribution in [3.63, 3.8) is 0 Å². The van der Waals surface area contributed by atoms with Gasteiger partial charge in [-0.15, -0.1) is 0 Å². The van der Waals surface area contributed by atoms with Crippen molar-refractivity contribution in [2.24, 2.45) is 5.73 Å². The van der Waals surface area contributed by atoms with E-state index < -0.39 is 17.9 Å². The number of carbonyl (C=O) groups excluding carboxylic acids is 2. The van der Waals surface area contributed by atoms with Crippen molar-refractivity contribution in [3.8, 4) is 0 Å². The predicted molar refractivity (Wildman–Crippen MR) is 119 cm³/mol. The molecule has 0 bridgehead atoms. The van der Waals surface area contributed by atoms with Gasteiger partial charge in [0.15, 0.2) is 0 Å². The van der Waals surface area contributed by atoms with E-state index in [1.54, 1.807) is 18.2 Å². The number of rotatable bonds is 7. The molecule has 3 rings (SSSR count). The van der Waals surface area contributed by atoms with Crippen molar-refractivity contribution < 1.29 is 9.59 Å². The first-order chi connectivity index (χ1) is 14.0. The Bertz CT molecular complexity index is 957. The zero-order valence-electron chi connectivity index (χ0n) is 15.5. The van der Waals surface area contributed by atoms with Crippen LogP contribution in [0.2, 0.25) is 5.02 Å². The fraction of sp³-hybridized carbons (Fsp3) is 0.130. The molecule has 0 saturated heterocycles. The summed E-state index contributed by atoms with van der Waals surface area (Å²) in [4.78, 5) is 25.3. The first kappa shape index (κ1) is 21.1. The van der Waals surface area contributed by atoms with Crippen LogP contribution < -0.4 is 11.1 Å². The highest BCUT2D eigenvalue weighted by molar-refractivity contribution is 9.10. The summed E-state index contributed by atoms with van der Waals surface area (Å²) in [5.74, 6) is -1.45. The van der Waals surface area contributed by atoms with E-state index in [2.05, 4.69) is 21.2 Å². The summed E-state index contributed by atoms with van der Waals surface area (Å²) in [5, 5.41) is 3.38. The van der Waals surface area contributed by atoms with E-state index in [4.69, 9.17) is 17.3 Å². The topological polar surface area (TPSA) is 72.2 Å². The molecule has 0 saturated carbocycles. The second-order valence-corrected chi connectivity index (χ2v) is 7.95. The first-order valence-corrected chi connectivity index (χ1v) is 10.3. The average molecular weight is 472 g/mol. The van der Waals surface area contributed by atoms with Crippen molar-refractivity contribution in [3.05, 3.63) is 105 Å². The van der Waals surface area contributed by atoms with Gasteiger partial charge < -0.3 is 11.1 Å². The Morgan fingerprint density at radius 2 is 1.48 bits per heavy atom. The van der Waals surface area contributed by atoms with E-state index in [0.29, 0.717) is 5.02 Å². The van der Waals surface area contributed by atoms with Gasteiger partial charge in [0, 0.05) is 15.9 Å². The highest BCUT2D eigenvalue weighted by atomic mass is 79.9. The zero-order valence-corrected chi connectivity index (χ0v) is 17.9. The fourth-order valence-corrected chi connectivity index (χ4v) is 3.79. The van der Waals surface area contributed by atoms with Crippen LogP contribution in [0.4, 0.5) is 0 Å². The Morgan fingerprint density at radius 1 is 0.931 bits per heavy atom. The Hall–Kier alpha value is -2.63. The van der Waals surface area contributed by atoms with E-state index in [0.717, 1.165) is 21.2 Å². The monoisotopic (exact) mass is 470 g/mol. The number of nitrogens with one attached hydrogen (secondary N) is 1. The van der Waals surface area contributed by atoms with E-state index in [-0.39, 0.29) is 12.3 Å². The maximum atomic E-state index is 13.2. The smallest absolute Gasteiger partial charge is 0.240 e. The first-order valence-electron chi connectivity index (χ1n) is 9.09. The van der Waals surface area contributed by atoms with Crippen molar-refractivity contribution >= 4 is 39.3 Å². The number of benzene rings is 3. The molecule has 6 heteroatoms. The minimum absolute atomic E-state index is 0.235. The van der Waals surface area contributed by atoms with Crippen molar-refractivity contribution in [2.75, 3.05) is 0 Å². The normalized spacial score (nSPS) is 11.8. The second-order valence-electron chi connectivity index (χ2n) is 6.66. The lowest BCUT2D eigenvalue weighted by Crippen LogP contribution is -2.47. The van der Waals surface area contributed by atoms with Gasteiger partial charge >= 0.3 is 0 Å². The molecule has 3 aromatic carbocycles. The van der Waals surface area contributed by atoms with Crippen LogP contribution in [0.15, 0.2) is 83.3 Å². The van der Waals surface area contributed by atoms with E-state index in [1.165, 1.54) is 0 Å². The molecule has 148 valence electrons. The Balaban J connectivity index is 1.88. The summed E-state index contributed by atoms with van der Waals surface area (Å²) in [6.45, 7) is 0. The van der Waals surface area contributed by atoms with Crippen LogP contribution in [0, 0.1) is 0 Å². The molecule has 0 aromatic heterocycles. The van der Waals surface area contributed by atoms with Gasteiger partial charge in [-0.25, -0.2) is 0 Å². The van der Waals surface area contributed by atoms with Crippen LogP contribution in [0.5, 0.6) is 0 Å². The van der Waals surface area contributed by atoms with Crippen molar-refractivity contribution in [2.45, 2.75) is 18.4 Å². The van der Waals surface area contributed by atoms with Crippen LogP contribution >= 0.6 is 27.5 Å². The lowest BCUT2D eigenvalue weighted by molar-refractivity contribution is -0.127. The molecule has 0 fully saturated rings. The summed E-state index contributed by atoms with van der Waals surface area (Å²) < 4.78 is 0.796. The third-order valence-electron chi connectivity index (χ3n) is 4.62. The molecule has 0 heterocycles. The summed E-state index contributed by atoms with van der Waals surface area (Å²) >= 11 is 9.52. The summed E-state index contributed by atoms with van der Waals surface area (Å²) in [7, 11) is 0. The van der Waals surface area contributed by atoms with Gasteiger partial charge in [0.1, 0.15) is 6.04 Å². The highest BCUT2D eigenvalue weighted by Crippen LogP contribution is 2.26. The van der Waals surface area contributed by atoms with E-state index >= 15 is 0 Å². The number of hydrogen-bond acceptors (Lipinski definition) is 2. The molecular weight excluding hydrogens is 452 g/mol. The average Bonchev–Trinajstić information content (AvgIpc) is 2.72. The minimum atomic E-state index is -0.868. The van der Waals surface area contributed by atoms with Gasteiger partial charge in [-0.05, 0) is 34.9 Å². The molecule has 0 aliphatic carbocycles. The summed E-state index contributed by atoms with van der Waals surface area (Å²) in [6.07, 6.45) is 0.235. The molecule has 4 nitrogen and oxygen atoms in total. The molecule has 3 aromatic rings. The highest BCUT2D eigenvalue weighted by Gasteiger charge is 2.27. The zero-order chi connectivity index (χ0) is 20.8. The van der Waals surface area contributed by atoms with Gasteiger partial charge in [-0.3, -0.25) is 9.59 Å².